The molecule has 0 spiro atoms. The molecule has 0 amide bonds. The number of rotatable bonds is 6. The molecule has 2 N–H and O–H groups in total. The van der Waals surface area contributed by atoms with Gasteiger partial charge in [0.25, 0.3) is 0 Å². The van der Waals surface area contributed by atoms with E-state index in [1.165, 1.54) is 16.0 Å². The second-order valence-corrected chi connectivity index (χ2v) is 5.09. The predicted octanol–water partition coefficient (Wildman–Crippen LogP) is 3.49. The van der Waals surface area contributed by atoms with Crippen LogP contribution in [0.1, 0.15) is 11.1 Å². The molecule has 100 valence electrons. The van der Waals surface area contributed by atoms with Crippen molar-refractivity contribution in [2.75, 3.05) is 12.8 Å². The summed E-state index contributed by atoms with van der Waals surface area (Å²) in [5.41, 5.74) is 8.12. The molecule has 0 aromatic heterocycles. The third-order valence-corrected chi connectivity index (χ3v) is 3.76. The molecule has 0 aliphatic carbocycles. The first kappa shape index (κ1) is 14.0. The second-order valence-electron chi connectivity index (χ2n) is 4.25. The molecular formula is C16H19NOS. The van der Waals surface area contributed by atoms with Crippen LogP contribution >= 0.6 is 11.8 Å². The van der Waals surface area contributed by atoms with Crippen LogP contribution in [-0.2, 0) is 13.0 Å². The number of hydrogen-bond acceptors (Lipinski definition) is 3. The SMILES string of the molecule is CSc1ccccc1OCc1ccccc1CCN. The summed E-state index contributed by atoms with van der Waals surface area (Å²) in [5, 5.41) is 0. The lowest BCUT2D eigenvalue weighted by molar-refractivity contribution is 0.298. The Balaban J connectivity index is 2.10. The van der Waals surface area contributed by atoms with E-state index in [2.05, 4.69) is 24.5 Å². The van der Waals surface area contributed by atoms with Gasteiger partial charge in [-0.3, -0.25) is 0 Å². The van der Waals surface area contributed by atoms with Gasteiger partial charge in [0.15, 0.2) is 0 Å². The van der Waals surface area contributed by atoms with E-state index in [1.54, 1.807) is 11.8 Å². The maximum atomic E-state index is 5.94. The van der Waals surface area contributed by atoms with E-state index in [0.717, 1.165) is 12.2 Å². The van der Waals surface area contributed by atoms with E-state index >= 15 is 0 Å². The van der Waals surface area contributed by atoms with Crippen molar-refractivity contribution >= 4 is 11.8 Å². The van der Waals surface area contributed by atoms with Crippen LogP contribution in [0.15, 0.2) is 53.4 Å². The van der Waals surface area contributed by atoms with Gasteiger partial charge in [-0.15, -0.1) is 11.8 Å². The lowest BCUT2D eigenvalue weighted by atomic mass is 10.1. The monoisotopic (exact) mass is 273 g/mol. The summed E-state index contributed by atoms with van der Waals surface area (Å²) >= 11 is 1.70. The van der Waals surface area contributed by atoms with Gasteiger partial charge in [0.1, 0.15) is 12.4 Å². The highest BCUT2D eigenvalue weighted by atomic mass is 32.2. The lowest BCUT2D eigenvalue weighted by Crippen LogP contribution is -2.07. The molecule has 19 heavy (non-hydrogen) atoms. The van der Waals surface area contributed by atoms with E-state index < -0.39 is 0 Å². The molecule has 0 atom stereocenters. The maximum absolute atomic E-state index is 5.94. The summed E-state index contributed by atoms with van der Waals surface area (Å²) in [5.74, 6) is 0.942. The van der Waals surface area contributed by atoms with Crippen molar-refractivity contribution in [1.29, 1.82) is 0 Å². The minimum atomic E-state index is 0.591. The van der Waals surface area contributed by atoms with Crippen molar-refractivity contribution in [3.8, 4) is 5.75 Å². The fraction of sp³-hybridized carbons (Fsp3) is 0.250. The number of nitrogens with two attached hydrogens (primary N) is 1. The average molecular weight is 273 g/mol. The summed E-state index contributed by atoms with van der Waals surface area (Å²) < 4.78 is 5.94. The first-order chi connectivity index (χ1) is 9.35. The Kier molecular flexibility index (Phi) is 5.31. The van der Waals surface area contributed by atoms with E-state index in [4.69, 9.17) is 10.5 Å². The molecule has 2 aromatic rings. The molecule has 0 unspecified atom stereocenters. The van der Waals surface area contributed by atoms with Gasteiger partial charge in [-0.2, -0.15) is 0 Å². The highest BCUT2D eigenvalue weighted by Gasteiger charge is 2.04. The van der Waals surface area contributed by atoms with Crippen LogP contribution in [0.2, 0.25) is 0 Å². The zero-order valence-corrected chi connectivity index (χ0v) is 12.0. The quantitative estimate of drug-likeness (QED) is 0.818. The molecule has 2 rings (SSSR count). The van der Waals surface area contributed by atoms with Crippen LogP contribution in [0.4, 0.5) is 0 Å². The van der Waals surface area contributed by atoms with Gasteiger partial charge >= 0.3 is 0 Å². The van der Waals surface area contributed by atoms with Crippen LogP contribution in [0.3, 0.4) is 0 Å². The molecule has 2 aromatic carbocycles. The third-order valence-electron chi connectivity index (χ3n) is 2.98. The molecule has 0 heterocycles. The number of para-hydroxylation sites is 1. The largest absolute Gasteiger partial charge is 0.488 e. The molecule has 2 nitrogen and oxygen atoms in total. The van der Waals surface area contributed by atoms with Crippen molar-refractivity contribution < 1.29 is 4.74 Å². The number of benzene rings is 2. The van der Waals surface area contributed by atoms with Crippen molar-refractivity contribution in [1.82, 2.24) is 0 Å². The van der Waals surface area contributed by atoms with E-state index in [1.807, 2.05) is 30.3 Å². The molecular weight excluding hydrogens is 254 g/mol. The summed E-state index contributed by atoms with van der Waals surface area (Å²) in [6.07, 6.45) is 2.95. The highest BCUT2D eigenvalue weighted by molar-refractivity contribution is 7.98. The summed E-state index contributed by atoms with van der Waals surface area (Å²) in [6, 6.07) is 16.4. The van der Waals surface area contributed by atoms with Gasteiger partial charge in [-0.1, -0.05) is 36.4 Å². The number of ether oxygens (including phenoxy) is 1. The van der Waals surface area contributed by atoms with Crippen LogP contribution in [0.5, 0.6) is 5.75 Å². The Hall–Kier alpha value is -1.45. The van der Waals surface area contributed by atoms with E-state index in [0.29, 0.717) is 13.2 Å². The van der Waals surface area contributed by atoms with Crippen LogP contribution in [0.25, 0.3) is 0 Å². The smallest absolute Gasteiger partial charge is 0.133 e. The topological polar surface area (TPSA) is 35.2 Å². The first-order valence-electron chi connectivity index (χ1n) is 6.38. The Morgan fingerprint density at radius 2 is 1.68 bits per heavy atom. The summed E-state index contributed by atoms with van der Waals surface area (Å²) in [7, 11) is 0. The van der Waals surface area contributed by atoms with Crippen molar-refractivity contribution in [3.05, 3.63) is 59.7 Å². The molecule has 0 saturated carbocycles. The van der Waals surface area contributed by atoms with Crippen LogP contribution in [0, 0.1) is 0 Å². The van der Waals surface area contributed by atoms with Crippen LogP contribution < -0.4 is 10.5 Å². The standard InChI is InChI=1S/C16H19NOS/c1-19-16-9-5-4-8-15(16)18-12-14-7-3-2-6-13(14)10-11-17/h2-9H,10-12,17H2,1H3. The Labute approximate surface area is 119 Å². The van der Waals surface area contributed by atoms with Crippen molar-refractivity contribution in [3.63, 3.8) is 0 Å². The molecule has 0 saturated heterocycles. The predicted molar refractivity (Wildman–Crippen MR) is 81.8 cm³/mol. The fourth-order valence-corrected chi connectivity index (χ4v) is 2.53. The maximum Gasteiger partial charge on any atom is 0.133 e. The second kappa shape index (κ2) is 7.22. The Morgan fingerprint density at radius 1 is 1.00 bits per heavy atom. The molecule has 0 fully saturated rings. The van der Waals surface area contributed by atoms with Crippen molar-refractivity contribution in [2.45, 2.75) is 17.9 Å². The van der Waals surface area contributed by atoms with Crippen LogP contribution in [-0.4, -0.2) is 12.8 Å². The zero-order chi connectivity index (χ0) is 13.5. The van der Waals surface area contributed by atoms with E-state index in [9.17, 15) is 0 Å². The van der Waals surface area contributed by atoms with Crippen molar-refractivity contribution in [2.24, 2.45) is 5.73 Å². The highest BCUT2D eigenvalue weighted by Crippen LogP contribution is 2.27. The van der Waals surface area contributed by atoms with Gasteiger partial charge < -0.3 is 10.5 Å². The van der Waals surface area contributed by atoms with Gasteiger partial charge in [-0.25, -0.2) is 0 Å². The normalized spacial score (nSPS) is 10.4. The summed E-state index contributed by atoms with van der Waals surface area (Å²) in [6.45, 7) is 1.26. The molecule has 0 aliphatic rings. The van der Waals surface area contributed by atoms with E-state index in [-0.39, 0.29) is 0 Å². The lowest BCUT2D eigenvalue weighted by Gasteiger charge is -2.12. The molecule has 0 aliphatic heterocycles. The molecule has 0 bridgehead atoms. The van der Waals surface area contributed by atoms with Gasteiger partial charge in [0.2, 0.25) is 0 Å². The first-order valence-corrected chi connectivity index (χ1v) is 7.60. The Morgan fingerprint density at radius 3 is 2.42 bits per heavy atom. The van der Waals surface area contributed by atoms with Gasteiger partial charge in [-0.05, 0) is 42.5 Å². The molecule has 3 heteroatoms. The Bertz CT molecular complexity index is 528. The fourth-order valence-electron chi connectivity index (χ4n) is 1.99. The number of thioether (sulfide) groups is 1. The minimum absolute atomic E-state index is 0.591. The number of hydrogen-bond donors (Lipinski definition) is 1. The van der Waals surface area contributed by atoms with Gasteiger partial charge in [0.05, 0.1) is 0 Å². The third kappa shape index (κ3) is 3.75. The van der Waals surface area contributed by atoms with Gasteiger partial charge in [0, 0.05) is 4.90 Å². The average Bonchev–Trinajstić information content (AvgIpc) is 2.47. The summed E-state index contributed by atoms with van der Waals surface area (Å²) in [4.78, 5) is 1.17. The molecule has 0 radical (unpaired) electrons. The zero-order valence-electron chi connectivity index (χ0n) is 11.1. The minimum Gasteiger partial charge on any atom is -0.488 e.